The van der Waals surface area contributed by atoms with Crippen LogP contribution in [0.15, 0.2) is 29.2 Å². The lowest BCUT2D eigenvalue weighted by Gasteiger charge is -2.06. The maximum absolute atomic E-state index is 11.5. The second kappa shape index (κ2) is 9.83. The molecule has 0 saturated heterocycles. The Morgan fingerprint density at radius 2 is 2.26 bits per heavy atom. The summed E-state index contributed by atoms with van der Waals surface area (Å²) in [7, 11) is 1.62. The third-order valence-electron chi connectivity index (χ3n) is 2.48. The van der Waals surface area contributed by atoms with Crippen LogP contribution in [0.25, 0.3) is 0 Å². The number of rotatable bonds is 9. The summed E-state index contributed by atoms with van der Waals surface area (Å²) in [6.45, 7) is 5.03. The van der Waals surface area contributed by atoms with Gasteiger partial charge in [0.15, 0.2) is 0 Å². The van der Waals surface area contributed by atoms with Crippen LogP contribution in [-0.4, -0.2) is 38.5 Å². The number of carbonyl (C=O) groups is 1. The van der Waals surface area contributed by atoms with E-state index < -0.39 is 0 Å². The molecule has 0 heterocycles. The zero-order chi connectivity index (χ0) is 13.9. The first-order valence-corrected chi connectivity index (χ1v) is 7.43. The second-order valence-electron chi connectivity index (χ2n) is 4.06. The Kier molecular flexibility index (Phi) is 8.29. The first kappa shape index (κ1) is 16.0. The molecule has 0 aromatic heterocycles. The first-order chi connectivity index (χ1) is 9.26. The Bertz CT molecular complexity index is 385. The molecule has 0 radical (unpaired) electrons. The van der Waals surface area contributed by atoms with Gasteiger partial charge in [-0.25, -0.2) is 0 Å². The lowest BCUT2D eigenvalue weighted by Crippen LogP contribution is -2.28. The molecule has 0 bridgehead atoms. The molecule has 1 rings (SSSR count). The maximum atomic E-state index is 11.5. The van der Waals surface area contributed by atoms with Crippen molar-refractivity contribution >= 4 is 17.7 Å². The number of nitrogens with one attached hydrogen (secondary N) is 2. The van der Waals surface area contributed by atoms with E-state index >= 15 is 0 Å². The Morgan fingerprint density at radius 1 is 1.42 bits per heavy atom. The van der Waals surface area contributed by atoms with E-state index in [1.54, 1.807) is 18.9 Å². The van der Waals surface area contributed by atoms with Crippen molar-refractivity contribution in [1.82, 2.24) is 10.6 Å². The van der Waals surface area contributed by atoms with E-state index in [4.69, 9.17) is 4.74 Å². The minimum Gasteiger partial charge on any atom is -0.383 e. The van der Waals surface area contributed by atoms with Gasteiger partial charge in [-0.2, -0.15) is 0 Å². The summed E-state index contributed by atoms with van der Waals surface area (Å²) < 4.78 is 4.88. The predicted molar refractivity (Wildman–Crippen MR) is 79.4 cm³/mol. The Morgan fingerprint density at radius 3 is 3.00 bits per heavy atom. The molecule has 0 spiro atoms. The van der Waals surface area contributed by atoms with Gasteiger partial charge >= 0.3 is 0 Å². The van der Waals surface area contributed by atoms with Crippen LogP contribution in [0.4, 0.5) is 0 Å². The molecule has 1 amide bonds. The van der Waals surface area contributed by atoms with Gasteiger partial charge in [-0.15, -0.1) is 11.8 Å². The fourth-order valence-corrected chi connectivity index (χ4v) is 2.32. The van der Waals surface area contributed by atoms with Crippen molar-refractivity contribution in [1.29, 1.82) is 0 Å². The summed E-state index contributed by atoms with van der Waals surface area (Å²) in [4.78, 5) is 12.7. The number of thioether (sulfide) groups is 1. The van der Waals surface area contributed by atoms with Crippen LogP contribution in [0.5, 0.6) is 0 Å². The van der Waals surface area contributed by atoms with Gasteiger partial charge in [-0.3, -0.25) is 4.79 Å². The van der Waals surface area contributed by atoms with Crippen molar-refractivity contribution in [3.63, 3.8) is 0 Å². The van der Waals surface area contributed by atoms with Crippen LogP contribution in [0.1, 0.15) is 12.5 Å². The smallest absolute Gasteiger partial charge is 0.230 e. The lowest BCUT2D eigenvalue weighted by molar-refractivity contribution is -0.118. The molecule has 5 heteroatoms. The molecular formula is C14H22N2O2S. The highest BCUT2D eigenvalue weighted by molar-refractivity contribution is 8.00. The lowest BCUT2D eigenvalue weighted by atomic mass is 10.2. The van der Waals surface area contributed by atoms with Crippen molar-refractivity contribution in [2.75, 3.05) is 32.6 Å². The van der Waals surface area contributed by atoms with E-state index in [2.05, 4.69) is 29.7 Å². The topological polar surface area (TPSA) is 50.4 Å². The van der Waals surface area contributed by atoms with E-state index in [-0.39, 0.29) is 5.91 Å². The van der Waals surface area contributed by atoms with Crippen LogP contribution < -0.4 is 10.6 Å². The molecule has 0 fully saturated rings. The SMILES string of the molecule is CCNCc1cccc(SCC(=O)NCCOC)c1. The van der Waals surface area contributed by atoms with Crippen LogP contribution in [-0.2, 0) is 16.1 Å². The average molecular weight is 282 g/mol. The highest BCUT2D eigenvalue weighted by atomic mass is 32.2. The molecule has 106 valence electrons. The number of amides is 1. The summed E-state index contributed by atoms with van der Waals surface area (Å²) >= 11 is 1.55. The largest absolute Gasteiger partial charge is 0.383 e. The van der Waals surface area contributed by atoms with Crippen molar-refractivity contribution in [3.8, 4) is 0 Å². The van der Waals surface area contributed by atoms with Gasteiger partial charge in [0.05, 0.1) is 12.4 Å². The van der Waals surface area contributed by atoms with Gasteiger partial charge in [0.25, 0.3) is 0 Å². The molecule has 0 aliphatic rings. The zero-order valence-electron chi connectivity index (χ0n) is 11.6. The van der Waals surface area contributed by atoms with Gasteiger partial charge < -0.3 is 15.4 Å². The van der Waals surface area contributed by atoms with E-state index in [1.165, 1.54) is 5.56 Å². The van der Waals surface area contributed by atoms with Gasteiger partial charge in [0, 0.05) is 25.1 Å². The summed E-state index contributed by atoms with van der Waals surface area (Å²) in [6.07, 6.45) is 0. The molecular weight excluding hydrogens is 260 g/mol. The average Bonchev–Trinajstić information content (AvgIpc) is 2.44. The molecule has 2 N–H and O–H groups in total. The van der Waals surface area contributed by atoms with E-state index in [0.717, 1.165) is 18.0 Å². The summed E-state index contributed by atoms with van der Waals surface area (Å²) in [5.74, 6) is 0.480. The van der Waals surface area contributed by atoms with Crippen LogP contribution in [0, 0.1) is 0 Å². The predicted octanol–water partition coefficient (Wildman–Crippen LogP) is 1.65. The fourth-order valence-electron chi connectivity index (χ4n) is 1.51. The molecule has 1 aromatic carbocycles. The zero-order valence-corrected chi connectivity index (χ0v) is 12.4. The van der Waals surface area contributed by atoms with Gasteiger partial charge in [0.1, 0.15) is 0 Å². The van der Waals surface area contributed by atoms with E-state index in [9.17, 15) is 4.79 Å². The number of methoxy groups -OCH3 is 1. The number of carbonyl (C=O) groups excluding carboxylic acids is 1. The van der Waals surface area contributed by atoms with Crippen LogP contribution in [0.3, 0.4) is 0 Å². The monoisotopic (exact) mass is 282 g/mol. The van der Waals surface area contributed by atoms with Gasteiger partial charge in [0.2, 0.25) is 5.91 Å². The van der Waals surface area contributed by atoms with Gasteiger partial charge in [-0.05, 0) is 24.2 Å². The normalized spacial score (nSPS) is 10.4. The Hall–Kier alpha value is -1.04. The summed E-state index contributed by atoms with van der Waals surface area (Å²) in [5.41, 5.74) is 1.24. The first-order valence-electron chi connectivity index (χ1n) is 6.44. The van der Waals surface area contributed by atoms with E-state index in [1.807, 2.05) is 12.1 Å². The molecule has 0 atom stereocenters. The number of hydrogen-bond donors (Lipinski definition) is 2. The van der Waals surface area contributed by atoms with Crippen molar-refractivity contribution in [2.45, 2.75) is 18.4 Å². The fraction of sp³-hybridized carbons (Fsp3) is 0.500. The van der Waals surface area contributed by atoms with Crippen LogP contribution in [0.2, 0.25) is 0 Å². The molecule has 0 unspecified atom stereocenters. The Labute approximate surface area is 119 Å². The highest BCUT2D eigenvalue weighted by Crippen LogP contribution is 2.18. The molecule has 0 aliphatic carbocycles. The molecule has 1 aromatic rings. The van der Waals surface area contributed by atoms with Crippen molar-refractivity contribution in [3.05, 3.63) is 29.8 Å². The summed E-state index contributed by atoms with van der Waals surface area (Å²) in [5, 5.41) is 6.09. The number of hydrogen-bond acceptors (Lipinski definition) is 4. The number of benzene rings is 1. The molecule has 0 saturated carbocycles. The molecule has 0 aliphatic heterocycles. The second-order valence-corrected chi connectivity index (χ2v) is 5.11. The minimum absolute atomic E-state index is 0.0409. The Balaban J connectivity index is 2.33. The standard InChI is InChI=1S/C14H22N2O2S/c1-3-15-10-12-5-4-6-13(9-12)19-11-14(17)16-7-8-18-2/h4-6,9,15H,3,7-8,10-11H2,1-2H3,(H,16,17). The molecule has 4 nitrogen and oxygen atoms in total. The van der Waals surface area contributed by atoms with Crippen LogP contribution >= 0.6 is 11.8 Å². The quantitative estimate of drug-likeness (QED) is 0.534. The van der Waals surface area contributed by atoms with Crippen molar-refractivity contribution < 1.29 is 9.53 Å². The summed E-state index contributed by atoms with van der Waals surface area (Å²) in [6, 6.07) is 8.27. The van der Waals surface area contributed by atoms with Crippen molar-refractivity contribution in [2.24, 2.45) is 0 Å². The maximum Gasteiger partial charge on any atom is 0.230 e. The number of ether oxygens (including phenoxy) is 1. The molecule has 19 heavy (non-hydrogen) atoms. The minimum atomic E-state index is 0.0409. The third-order valence-corrected chi connectivity index (χ3v) is 3.47. The third kappa shape index (κ3) is 7.20. The van der Waals surface area contributed by atoms with E-state index in [0.29, 0.717) is 18.9 Å². The highest BCUT2D eigenvalue weighted by Gasteiger charge is 2.02. The van der Waals surface area contributed by atoms with Gasteiger partial charge in [-0.1, -0.05) is 19.1 Å².